The fourth-order valence-electron chi connectivity index (χ4n) is 2.69. The van der Waals surface area contributed by atoms with Gasteiger partial charge in [0.2, 0.25) is 0 Å². The quantitative estimate of drug-likeness (QED) is 0.516. The lowest BCUT2D eigenvalue weighted by atomic mass is 10.0. The van der Waals surface area contributed by atoms with Gasteiger partial charge in [-0.2, -0.15) is 0 Å². The van der Waals surface area contributed by atoms with Gasteiger partial charge in [-0.25, -0.2) is 4.98 Å². The second kappa shape index (κ2) is 7.13. The minimum atomic E-state index is -0.557. The minimum absolute atomic E-state index is 0.0313. The Morgan fingerprint density at radius 1 is 1.27 bits per heavy atom. The van der Waals surface area contributed by atoms with Crippen LogP contribution in [0.3, 0.4) is 0 Å². The highest BCUT2D eigenvalue weighted by Crippen LogP contribution is 2.26. The van der Waals surface area contributed by atoms with Gasteiger partial charge in [0.25, 0.3) is 11.6 Å². The molecule has 1 aromatic heterocycles. The molecule has 26 heavy (non-hydrogen) atoms. The summed E-state index contributed by atoms with van der Waals surface area (Å²) in [5.74, 6) is 0.299. The van der Waals surface area contributed by atoms with E-state index in [4.69, 9.17) is 11.6 Å². The van der Waals surface area contributed by atoms with Crippen molar-refractivity contribution in [3.8, 4) is 0 Å². The first kappa shape index (κ1) is 17.9. The van der Waals surface area contributed by atoms with Crippen LogP contribution in [0.5, 0.6) is 0 Å². The molecule has 0 aliphatic rings. The number of amides is 1. The lowest BCUT2D eigenvalue weighted by Crippen LogP contribution is -2.32. The van der Waals surface area contributed by atoms with E-state index in [9.17, 15) is 14.9 Å². The van der Waals surface area contributed by atoms with Gasteiger partial charge in [0.05, 0.1) is 32.6 Å². The lowest BCUT2D eigenvalue weighted by molar-refractivity contribution is -0.384. The molecule has 1 amide bonds. The van der Waals surface area contributed by atoms with Crippen LogP contribution < -0.4 is 5.32 Å². The monoisotopic (exact) mass is 372 g/mol. The number of nitro groups is 1. The SMILES string of the molecule is CC(C)C(NC(=O)c1ccc([N+](=O)[O-])cc1Cl)c1nc2ccccc2[nH]1. The van der Waals surface area contributed by atoms with E-state index in [1.54, 1.807) is 0 Å². The Kier molecular flexibility index (Phi) is 4.90. The molecule has 1 unspecified atom stereocenters. The first-order chi connectivity index (χ1) is 12.4. The topological polar surface area (TPSA) is 101 Å². The fourth-order valence-corrected chi connectivity index (χ4v) is 2.95. The summed E-state index contributed by atoms with van der Waals surface area (Å²) in [5.41, 5.74) is 1.72. The zero-order valence-corrected chi connectivity index (χ0v) is 14.9. The van der Waals surface area contributed by atoms with E-state index in [0.717, 1.165) is 11.0 Å². The van der Waals surface area contributed by atoms with Crippen molar-refractivity contribution in [1.29, 1.82) is 0 Å². The third-order valence-corrected chi connectivity index (χ3v) is 4.38. The Morgan fingerprint density at radius 2 is 2.00 bits per heavy atom. The number of hydrogen-bond acceptors (Lipinski definition) is 4. The number of hydrogen-bond donors (Lipinski definition) is 2. The van der Waals surface area contributed by atoms with Crippen molar-refractivity contribution in [2.75, 3.05) is 0 Å². The number of aromatic nitrogens is 2. The van der Waals surface area contributed by atoms with Gasteiger partial charge in [0, 0.05) is 12.1 Å². The zero-order valence-electron chi connectivity index (χ0n) is 14.2. The first-order valence-corrected chi connectivity index (χ1v) is 8.44. The summed E-state index contributed by atoms with van der Waals surface area (Å²) in [4.78, 5) is 30.7. The Bertz CT molecular complexity index is 950. The number of carbonyl (C=O) groups is 1. The highest BCUT2D eigenvalue weighted by Gasteiger charge is 2.24. The number of imidazole rings is 1. The summed E-state index contributed by atoms with van der Waals surface area (Å²) < 4.78 is 0. The molecule has 8 heteroatoms. The molecule has 0 aliphatic carbocycles. The molecule has 0 fully saturated rings. The zero-order chi connectivity index (χ0) is 18.8. The van der Waals surface area contributed by atoms with Crippen molar-refractivity contribution in [2.45, 2.75) is 19.9 Å². The Labute approximate surface area is 154 Å². The number of halogens is 1. The summed E-state index contributed by atoms with van der Waals surface area (Å²) in [5, 5.41) is 13.7. The predicted octanol–water partition coefficient (Wildman–Crippen LogP) is 4.25. The lowest BCUT2D eigenvalue weighted by Gasteiger charge is -2.20. The molecule has 2 N–H and O–H groups in total. The maximum absolute atomic E-state index is 12.6. The number of carbonyl (C=O) groups excluding carboxylic acids is 1. The molecular weight excluding hydrogens is 356 g/mol. The Hall–Kier alpha value is -2.93. The molecular formula is C18H17ClN4O3. The molecule has 0 bridgehead atoms. The van der Waals surface area contributed by atoms with E-state index in [2.05, 4.69) is 15.3 Å². The van der Waals surface area contributed by atoms with Crippen LogP contribution in [0.4, 0.5) is 5.69 Å². The number of para-hydroxylation sites is 2. The molecule has 134 valence electrons. The fraction of sp³-hybridized carbons (Fsp3) is 0.222. The largest absolute Gasteiger partial charge is 0.342 e. The van der Waals surface area contributed by atoms with Crippen molar-refractivity contribution < 1.29 is 9.72 Å². The van der Waals surface area contributed by atoms with E-state index in [1.165, 1.54) is 18.2 Å². The molecule has 3 aromatic rings. The number of non-ortho nitro benzene ring substituents is 1. The Morgan fingerprint density at radius 3 is 2.62 bits per heavy atom. The van der Waals surface area contributed by atoms with Crippen LogP contribution in [0.15, 0.2) is 42.5 Å². The number of H-pyrrole nitrogens is 1. The van der Waals surface area contributed by atoms with E-state index in [0.29, 0.717) is 5.82 Å². The number of nitrogens with one attached hydrogen (secondary N) is 2. The number of aromatic amines is 1. The highest BCUT2D eigenvalue weighted by molar-refractivity contribution is 6.34. The molecule has 3 rings (SSSR count). The van der Waals surface area contributed by atoms with Gasteiger partial charge in [-0.05, 0) is 24.1 Å². The van der Waals surface area contributed by atoms with Crippen LogP contribution in [0, 0.1) is 16.0 Å². The maximum Gasteiger partial charge on any atom is 0.270 e. The van der Waals surface area contributed by atoms with Gasteiger partial charge < -0.3 is 10.3 Å². The first-order valence-electron chi connectivity index (χ1n) is 8.06. The van der Waals surface area contributed by atoms with Crippen molar-refractivity contribution in [3.63, 3.8) is 0 Å². The van der Waals surface area contributed by atoms with Gasteiger partial charge >= 0.3 is 0 Å². The Balaban J connectivity index is 1.88. The average Bonchev–Trinajstić information content (AvgIpc) is 3.02. The van der Waals surface area contributed by atoms with Gasteiger partial charge in [0.15, 0.2) is 0 Å². The molecule has 1 atom stereocenters. The van der Waals surface area contributed by atoms with E-state index in [-0.39, 0.29) is 28.2 Å². The third kappa shape index (κ3) is 3.52. The summed E-state index contributed by atoms with van der Waals surface area (Å²) in [6.45, 7) is 3.94. The molecule has 0 radical (unpaired) electrons. The minimum Gasteiger partial charge on any atom is -0.342 e. The van der Waals surface area contributed by atoms with Crippen molar-refractivity contribution in [1.82, 2.24) is 15.3 Å². The predicted molar refractivity (Wildman–Crippen MR) is 99.2 cm³/mol. The normalized spacial score (nSPS) is 12.3. The summed E-state index contributed by atoms with van der Waals surface area (Å²) in [6, 6.07) is 11.0. The summed E-state index contributed by atoms with van der Waals surface area (Å²) in [7, 11) is 0. The number of benzene rings is 2. The van der Waals surface area contributed by atoms with Crippen LogP contribution in [0.25, 0.3) is 11.0 Å². The molecule has 1 heterocycles. The van der Waals surface area contributed by atoms with E-state index < -0.39 is 10.8 Å². The summed E-state index contributed by atoms with van der Waals surface area (Å²) >= 11 is 6.05. The summed E-state index contributed by atoms with van der Waals surface area (Å²) in [6.07, 6.45) is 0. The van der Waals surface area contributed by atoms with Crippen molar-refractivity contribution in [2.24, 2.45) is 5.92 Å². The highest BCUT2D eigenvalue weighted by atomic mass is 35.5. The number of fused-ring (bicyclic) bond motifs is 1. The van der Waals surface area contributed by atoms with Crippen LogP contribution >= 0.6 is 11.6 Å². The van der Waals surface area contributed by atoms with Crippen molar-refractivity contribution in [3.05, 3.63) is 69.0 Å². The number of nitro benzene ring substituents is 1. The molecule has 0 saturated carbocycles. The standard InChI is InChI=1S/C18H17ClN4O3/c1-10(2)16(17-20-14-5-3-4-6-15(14)21-17)22-18(24)12-8-7-11(23(25)26)9-13(12)19/h3-10,16H,1-2H3,(H,20,21)(H,22,24). The molecule has 7 nitrogen and oxygen atoms in total. The second-order valence-corrected chi connectivity index (χ2v) is 6.66. The third-order valence-electron chi connectivity index (χ3n) is 4.06. The average molecular weight is 373 g/mol. The van der Waals surface area contributed by atoms with E-state index >= 15 is 0 Å². The molecule has 0 aliphatic heterocycles. The number of rotatable bonds is 5. The van der Waals surface area contributed by atoms with Gasteiger partial charge in [-0.3, -0.25) is 14.9 Å². The van der Waals surface area contributed by atoms with Gasteiger partial charge in [0.1, 0.15) is 5.82 Å². The van der Waals surface area contributed by atoms with Crippen molar-refractivity contribution >= 4 is 34.2 Å². The molecule has 0 spiro atoms. The van der Waals surface area contributed by atoms with Crippen LogP contribution in [-0.4, -0.2) is 20.8 Å². The van der Waals surface area contributed by atoms with E-state index in [1.807, 2.05) is 38.1 Å². The van der Waals surface area contributed by atoms with Crippen LogP contribution in [0.2, 0.25) is 5.02 Å². The smallest absolute Gasteiger partial charge is 0.270 e. The van der Waals surface area contributed by atoms with Gasteiger partial charge in [-0.1, -0.05) is 37.6 Å². The van der Waals surface area contributed by atoms with Crippen LogP contribution in [0.1, 0.15) is 36.1 Å². The molecule has 2 aromatic carbocycles. The molecule has 0 saturated heterocycles. The second-order valence-electron chi connectivity index (χ2n) is 6.26. The maximum atomic E-state index is 12.6. The number of nitrogens with zero attached hydrogens (tertiary/aromatic N) is 2. The van der Waals surface area contributed by atoms with Gasteiger partial charge in [-0.15, -0.1) is 0 Å². The van der Waals surface area contributed by atoms with Crippen LogP contribution in [-0.2, 0) is 0 Å².